The molecule has 0 atom stereocenters. The first kappa shape index (κ1) is 24.6. The largest absolute Gasteiger partial charge is 2.00 e. The molecule has 0 amide bonds. The zero-order valence-corrected chi connectivity index (χ0v) is 5.62. The number of halogens is 1. The van der Waals surface area contributed by atoms with Crippen LogP contribution in [0.3, 0.4) is 0 Å². The maximum Gasteiger partial charge on any atom is 2.00 e. The zero-order chi connectivity index (χ0) is 3.58. The van der Waals surface area contributed by atoms with Crippen LogP contribution in [0.15, 0.2) is 0 Å². The Labute approximate surface area is 63.6 Å². The summed E-state index contributed by atoms with van der Waals surface area (Å²) in [4.78, 5) is 0. The van der Waals surface area contributed by atoms with Gasteiger partial charge in [-0.15, -0.1) is 0 Å². The molecule has 7 heteroatoms. The van der Waals surface area contributed by atoms with Crippen LogP contribution in [0.25, 0.3) is 0 Å². The van der Waals surface area contributed by atoms with Gasteiger partial charge in [-0.1, -0.05) is 0 Å². The molecule has 40 valence electrons. The van der Waals surface area contributed by atoms with E-state index in [4.69, 9.17) is 15.1 Å². The van der Waals surface area contributed by atoms with E-state index in [9.17, 15) is 0 Å². The van der Waals surface area contributed by atoms with E-state index in [1.165, 1.54) is 0 Å². The maximum atomic E-state index is 7.17. The van der Waals surface area contributed by atoms with Crippen molar-refractivity contribution in [3.05, 3.63) is 0 Å². The molecule has 0 aromatic heterocycles. The second kappa shape index (κ2) is 15.8. The molecule has 0 saturated heterocycles. The van der Waals surface area contributed by atoms with Crippen LogP contribution in [0.2, 0.25) is 0 Å². The van der Waals surface area contributed by atoms with E-state index in [0.717, 1.165) is 0 Å². The molecule has 0 aliphatic heterocycles. The standard InChI is InChI=1S/BH3O3.ClH.Mg.H2O/c2-1(3)4;;;/h2-4H;1H;;1H2/q;;+2;/p-2. The first-order chi connectivity index (χ1) is 1.73. The van der Waals surface area contributed by atoms with Crippen molar-refractivity contribution in [3.8, 4) is 0 Å². The molecular formula is H4BClMgO4. The number of rotatable bonds is 0. The second-order valence-corrected chi connectivity index (χ2v) is 0.346. The van der Waals surface area contributed by atoms with E-state index in [0.29, 0.717) is 0 Å². The van der Waals surface area contributed by atoms with E-state index in [1.807, 2.05) is 0 Å². The fourth-order valence-corrected chi connectivity index (χ4v) is 0. The molecular weight excluding hydrogens is 135 g/mol. The van der Waals surface area contributed by atoms with Gasteiger partial charge in [-0.3, -0.25) is 0 Å². The topological polar surface area (TPSA) is 90.7 Å². The van der Waals surface area contributed by atoms with Crippen LogP contribution in [0, 0.1) is 0 Å². The zero-order valence-electron chi connectivity index (χ0n) is 3.45. The van der Waals surface area contributed by atoms with E-state index in [1.54, 1.807) is 0 Å². The monoisotopic (exact) mass is 138 g/mol. The summed E-state index contributed by atoms with van der Waals surface area (Å²) in [5.74, 6) is 0. The molecule has 0 aromatic rings. The summed E-state index contributed by atoms with van der Waals surface area (Å²) >= 11 is 0. The average molecular weight is 139 g/mol. The summed E-state index contributed by atoms with van der Waals surface area (Å²) in [7, 11) is -2.17. The van der Waals surface area contributed by atoms with Crippen molar-refractivity contribution in [1.82, 2.24) is 0 Å². The van der Waals surface area contributed by atoms with Crippen molar-refractivity contribution >= 4 is 30.4 Å². The van der Waals surface area contributed by atoms with Crippen LogP contribution in [0.4, 0.5) is 0 Å². The van der Waals surface area contributed by atoms with Crippen molar-refractivity contribution in [2.75, 3.05) is 0 Å². The maximum absolute atomic E-state index is 7.17. The molecule has 0 fully saturated rings. The first-order valence-corrected chi connectivity index (χ1v) is 0.775. The smallest absolute Gasteiger partial charge is 1.00 e. The van der Waals surface area contributed by atoms with Crippen LogP contribution in [-0.2, 0) is 0 Å². The van der Waals surface area contributed by atoms with Crippen molar-refractivity contribution in [2.24, 2.45) is 0 Å². The van der Waals surface area contributed by atoms with Crippen LogP contribution in [0.5, 0.6) is 0 Å². The summed E-state index contributed by atoms with van der Waals surface area (Å²) in [5, 5.41) is 21.5. The summed E-state index contributed by atoms with van der Waals surface area (Å²) in [6.07, 6.45) is 0. The summed E-state index contributed by atoms with van der Waals surface area (Å²) in [6, 6.07) is 0. The van der Waals surface area contributed by atoms with Crippen LogP contribution < -0.4 is 12.4 Å². The Morgan fingerprint density at radius 3 is 1.00 bits per heavy atom. The normalized spacial score (nSPS) is 3.86. The van der Waals surface area contributed by atoms with Crippen molar-refractivity contribution in [1.29, 1.82) is 0 Å². The number of hydrogen-bond donors (Lipinski definition) is 3. The predicted octanol–water partition coefficient (Wildman–Crippen LogP) is -5.61. The van der Waals surface area contributed by atoms with Gasteiger partial charge >= 0.3 is 30.4 Å². The van der Waals surface area contributed by atoms with Crippen LogP contribution >= 0.6 is 0 Å². The molecule has 4 N–H and O–H groups in total. The molecule has 0 aromatic carbocycles. The number of hydrogen-bond acceptors (Lipinski definition) is 4. The summed E-state index contributed by atoms with van der Waals surface area (Å²) in [5.41, 5.74) is 0. The average Bonchev–Trinajstić information content (AvgIpc) is 0.811. The molecule has 0 radical (unpaired) electrons. The predicted molar refractivity (Wildman–Crippen MR) is 20.1 cm³/mol. The van der Waals surface area contributed by atoms with Gasteiger partial charge in [-0.05, 0) is 0 Å². The Morgan fingerprint density at radius 2 is 1.00 bits per heavy atom. The third-order valence-corrected chi connectivity index (χ3v) is 0. The third kappa shape index (κ3) is 185. The van der Waals surface area contributed by atoms with Crippen molar-refractivity contribution in [3.63, 3.8) is 0 Å². The quantitative estimate of drug-likeness (QED) is 0.291. The molecule has 0 bridgehead atoms. The molecule has 0 aliphatic carbocycles. The molecule has 0 aliphatic rings. The second-order valence-electron chi connectivity index (χ2n) is 0.346. The van der Waals surface area contributed by atoms with Crippen molar-refractivity contribution < 1.29 is 33.0 Å². The Bertz CT molecular complexity index is 16.4. The van der Waals surface area contributed by atoms with Gasteiger partial charge in [-0.25, -0.2) is 0 Å². The fourth-order valence-electron chi connectivity index (χ4n) is 0. The van der Waals surface area contributed by atoms with E-state index >= 15 is 0 Å². The van der Waals surface area contributed by atoms with E-state index in [2.05, 4.69) is 0 Å². The summed E-state index contributed by atoms with van der Waals surface area (Å²) < 4.78 is 0. The molecule has 0 rings (SSSR count). The van der Waals surface area contributed by atoms with Gasteiger partial charge in [0.2, 0.25) is 0 Å². The Balaban J connectivity index is -0.0000000150. The van der Waals surface area contributed by atoms with Gasteiger partial charge in [0.1, 0.15) is 0 Å². The minimum Gasteiger partial charge on any atom is -1.00 e. The Morgan fingerprint density at radius 1 is 1.00 bits per heavy atom. The molecule has 0 saturated carbocycles. The first-order valence-electron chi connectivity index (χ1n) is 0.775. The van der Waals surface area contributed by atoms with Crippen LogP contribution in [0.1, 0.15) is 0 Å². The molecule has 0 spiro atoms. The third-order valence-electron chi connectivity index (χ3n) is 0. The van der Waals surface area contributed by atoms with Gasteiger partial charge in [0.25, 0.3) is 0 Å². The van der Waals surface area contributed by atoms with Crippen LogP contribution in [-0.4, -0.2) is 50.9 Å². The van der Waals surface area contributed by atoms with Gasteiger partial charge in [0.05, 0.1) is 0 Å². The van der Waals surface area contributed by atoms with Gasteiger partial charge in [-0.2, -0.15) is 0 Å². The molecule has 7 heavy (non-hydrogen) atoms. The molecule has 0 heterocycles. The summed E-state index contributed by atoms with van der Waals surface area (Å²) in [6.45, 7) is 0. The van der Waals surface area contributed by atoms with Crippen molar-refractivity contribution in [2.45, 2.75) is 0 Å². The molecule has 4 nitrogen and oxygen atoms in total. The van der Waals surface area contributed by atoms with Gasteiger partial charge in [0.15, 0.2) is 0 Å². The minimum atomic E-state index is -2.17. The van der Waals surface area contributed by atoms with Gasteiger partial charge < -0.3 is 33.0 Å². The fraction of sp³-hybridized carbons (Fsp3) is 0. The SMILES string of the molecule is OB(O)O.[Cl-].[Mg+2].[OH-]. The van der Waals surface area contributed by atoms with E-state index < -0.39 is 7.32 Å². The Kier molecular flexibility index (Phi) is 55.4. The molecule has 0 unspecified atom stereocenters. The van der Waals surface area contributed by atoms with Gasteiger partial charge in [0, 0.05) is 0 Å². The van der Waals surface area contributed by atoms with E-state index in [-0.39, 0.29) is 40.9 Å². The minimum absolute atomic E-state index is 0. The Hall–Kier alpha value is 0.961.